The van der Waals surface area contributed by atoms with Crippen molar-refractivity contribution in [1.29, 1.82) is 0 Å². The van der Waals surface area contributed by atoms with Gasteiger partial charge in [0, 0.05) is 43.7 Å². The summed E-state index contributed by atoms with van der Waals surface area (Å²) in [6, 6.07) is 13.5. The van der Waals surface area contributed by atoms with E-state index in [2.05, 4.69) is 10.1 Å². The molecule has 0 saturated heterocycles. The fourth-order valence-electron chi connectivity index (χ4n) is 2.82. The molecule has 0 atom stereocenters. The quantitative estimate of drug-likeness (QED) is 0.586. The minimum Gasteiger partial charge on any atom is -0.477 e. The molecule has 0 bridgehead atoms. The van der Waals surface area contributed by atoms with Crippen molar-refractivity contribution in [1.82, 2.24) is 14.8 Å². The molecule has 0 aliphatic carbocycles. The van der Waals surface area contributed by atoms with Crippen LogP contribution in [0.3, 0.4) is 0 Å². The van der Waals surface area contributed by atoms with Gasteiger partial charge in [0.2, 0.25) is 0 Å². The third kappa shape index (κ3) is 5.69. The lowest BCUT2D eigenvalue weighted by atomic mass is 10.1. The number of carboxylic acid groups (broad SMARTS) is 1. The Morgan fingerprint density at radius 3 is 2.34 bits per heavy atom. The average Bonchev–Trinajstić information content (AvgIpc) is 3.11. The van der Waals surface area contributed by atoms with E-state index in [-0.39, 0.29) is 30.5 Å². The van der Waals surface area contributed by atoms with E-state index >= 15 is 0 Å². The van der Waals surface area contributed by atoms with Crippen molar-refractivity contribution in [2.24, 2.45) is 5.73 Å². The highest BCUT2D eigenvalue weighted by molar-refractivity contribution is 5.87. The predicted octanol–water partition coefficient (Wildman–Crippen LogP) is 3.57. The lowest BCUT2D eigenvalue weighted by molar-refractivity contribution is 0.0683. The molecule has 0 amide bonds. The maximum atomic E-state index is 11.5. The molecule has 156 valence electrons. The zero-order valence-corrected chi connectivity index (χ0v) is 17.9. The highest BCUT2D eigenvalue weighted by Crippen LogP contribution is 2.26. The summed E-state index contributed by atoms with van der Waals surface area (Å²) >= 11 is 0. The molecule has 0 unspecified atom stereocenters. The minimum atomic E-state index is -1.00. The van der Waals surface area contributed by atoms with E-state index < -0.39 is 5.97 Å². The first kappa shape index (κ1) is 24.4. The summed E-state index contributed by atoms with van der Waals surface area (Å²) in [7, 11) is 3.99. The Morgan fingerprint density at radius 1 is 1.07 bits per heavy atom. The third-order valence-corrected chi connectivity index (χ3v) is 4.31. The van der Waals surface area contributed by atoms with Gasteiger partial charge in [-0.15, -0.1) is 24.8 Å². The Morgan fingerprint density at radius 2 is 1.76 bits per heavy atom. The van der Waals surface area contributed by atoms with Gasteiger partial charge >= 0.3 is 5.97 Å². The van der Waals surface area contributed by atoms with Gasteiger partial charge in [-0.25, -0.2) is 4.79 Å². The second kappa shape index (κ2) is 10.8. The maximum Gasteiger partial charge on any atom is 0.354 e. The van der Waals surface area contributed by atoms with E-state index in [1.807, 2.05) is 55.4 Å². The molecule has 0 aliphatic rings. The lowest BCUT2D eigenvalue weighted by Crippen LogP contribution is -2.12. The van der Waals surface area contributed by atoms with Crippen molar-refractivity contribution in [2.75, 3.05) is 25.5 Å². The van der Waals surface area contributed by atoms with Gasteiger partial charge in [0.15, 0.2) is 0 Å². The van der Waals surface area contributed by atoms with Gasteiger partial charge in [0.05, 0.1) is 11.4 Å². The number of carbonyl (C=O) groups is 1. The maximum absolute atomic E-state index is 11.5. The molecule has 0 radical (unpaired) electrons. The largest absolute Gasteiger partial charge is 0.477 e. The molecule has 3 rings (SSSR count). The van der Waals surface area contributed by atoms with Crippen molar-refractivity contribution < 1.29 is 9.90 Å². The van der Waals surface area contributed by atoms with Crippen LogP contribution in [0.5, 0.6) is 0 Å². The van der Waals surface area contributed by atoms with E-state index in [4.69, 9.17) is 5.73 Å². The number of benzene rings is 1. The van der Waals surface area contributed by atoms with Crippen LogP contribution < -0.4 is 10.6 Å². The zero-order valence-electron chi connectivity index (χ0n) is 16.3. The van der Waals surface area contributed by atoms with Crippen LogP contribution in [0.2, 0.25) is 0 Å². The van der Waals surface area contributed by atoms with E-state index in [9.17, 15) is 9.90 Å². The molecule has 29 heavy (non-hydrogen) atoms. The Hall–Kier alpha value is -2.61. The number of nitrogens with two attached hydrogens (primary N) is 1. The Bertz CT molecular complexity index is 942. The number of pyridine rings is 1. The normalized spacial score (nSPS) is 10.0. The second-order valence-corrected chi connectivity index (χ2v) is 6.46. The van der Waals surface area contributed by atoms with Crippen LogP contribution in [0.15, 0.2) is 48.7 Å². The summed E-state index contributed by atoms with van der Waals surface area (Å²) in [6.45, 7) is 0.957. The van der Waals surface area contributed by atoms with Crippen molar-refractivity contribution in [3.8, 4) is 22.5 Å². The smallest absolute Gasteiger partial charge is 0.354 e. The number of aryl methyl sites for hydroxylation is 1. The first-order chi connectivity index (χ1) is 13.0. The minimum absolute atomic E-state index is 0. The third-order valence-electron chi connectivity index (χ3n) is 4.31. The SMILES string of the molecule is CN(C)c1ccc(-c2cc(-c3cc(C(=O)O)n(CCCN)n3)ccn2)cc1.Cl.Cl. The van der Waals surface area contributed by atoms with E-state index in [1.54, 1.807) is 12.3 Å². The molecule has 2 heterocycles. The summed E-state index contributed by atoms with van der Waals surface area (Å²) in [4.78, 5) is 18.0. The van der Waals surface area contributed by atoms with E-state index in [0.29, 0.717) is 25.2 Å². The van der Waals surface area contributed by atoms with E-state index in [1.165, 1.54) is 4.68 Å². The summed E-state index contributed by atoms with van der Waals surface area (Å²) in [6.07, 6.45) is 2.38. The summed E-state index contributed by atoms with van der Waals surface area (Å²) in [5, 5.41) is 13.9. The van der Waals surface area contributed by atoms with E-state index in [0.717, 1.165) is 22.5 Å². The standard InChI is InChI=1S/C20H23N5O2.2ClH/c1-24(2)16-6-4-14(5-7-16)17-12-15(8-10-22-17)18-13-19(20(26)27)25(23-18)11-3-9-21;;/h4-8,10,12-13H,3,9,11,21H2,1-2H3,(H,26,27);2*1H. The highest BCUT2D eigenvalue weighted by Gasteiger charge is 2.15. The van der Waals surface area contributed by atoms with Gasteiger partial charge < -0.3 is 15.7 Å². The van der Waals surface area contributed by atoms with Crippen LogP contribution in [-0.2, 0) is 6.54 Å². The number of anilines is 1. The van der Waals surface area contributed by atoms with Crippen LogP contribution in [0.25, 0.3) is 22.5 Å². The Labute approximate surface area is 182 Å². The molecular weight excluding hydrogens is 413 g/mol. The summed E-state index contributed by atoms with van der Waals surface area (Å²) < 4.78 is 1.50. The van der Waals surface area contributed by atoms with Crippen molar-refractivity contribution in [3.63, 3.8) is 0 Å². The Kier molecular flexibility index (Phi) is 9.10. The number of carboxylic acids is 1. The molecule has 9 heteroatoms. The number of nitrogens with zero attached hydrogens (tertiary/aromatic N) is 4. The van der Waals surface area contributed by atoms with Gasteiger partial charge in [0.25, 0.3) is 0 Å². The fraction of sp³-hybridized carbons (Fsp3) is 0.250. The topological polar surface area (TPSA) is 97.3 Å². The van der Waals surface area contributed by atoms with Gasteiger partial charge in [-0.2, -0.15) is 5.10 Å². The van der Waals surface area contributed by atoms with Gasteiger partial charge in [-0.3, -0.25) is 9.67 Å². The van der Waals surface area contributed by atoms with Gasteiger partial charge in [-0.1, -0.05) is 12.1 Å². The van der Waals surface area contributed by atoms with Crippen molar-refractivity contribution in [3.05, 3.63) is 54.4 Å². The van der Waals surface area contributed by atoms with Crippen LogP contribution in [0, 0.1) is 0 Å². The zero-order chi connectivity index (χ0) is 19.4. The predicted molar refractivity (Wildman–Crippen MR) is 120 cm³/mol. The van der Waals surface area contributed by atoms with Gasteiger partial charge in [-0.05, 0) is 43.3 Å². The summed E-state index contributed by atoms with van der Waals surface area (Å²) in [5.74, 6) is -1.00. The second-order valence-electron chi connectivity index (χ2n) is 6.46. The van der Waals surface area contributed by atoms with Crippen molar-refractivity contribution in [2.45, 2.75) is 13.0 Å². The first-order valence-electron chi connectivity index (χ1n) is 8.75. The molecule has 0 fully saturated rings. The lowest BCUT2D eigenvalue weighted by Gasteiger charge is -2.12. The molecule has 2 aromatic heterocycles. The number of rotatable bonds is 7. The average molecular weight is 438 g/mol. The molecular formula is C20H25Cl2N5O2. The number of hydrogen-bond donors (Lipinski definition) is 2. The monoisotopic (exact) mass is 437 g/mol. The molecule has 7 nitrogen and oxygen atoms in total. The molecule has 3 aromatic rings. The highest BCUT2D eigenvalue weighted by atomic mass is 35.5. The molecule has 0 aliphatic heterocycles. The first-order valence-corrected chi connectivity index (χ1v) is 8.75. The fourth-order valence-corrected chi connectivity index (χ4v) is 2.82. The van der Waals surface area contributed by atoms with Crippen LogP contribution in [-0.4, -0.2) is 46.5 Å². The molecule has 3 N–H and O–H groups in total. The number of hydrogen-bond acceptors (Lipinski definition) is 5. The molecule has 0 saturated carbocycles. The van der Waals surface area contributed by atoms with Crippen LogP contribution >= 0.6 is 24.8 Å². The van der Waals surface area contributed by atoms with Crippen LogP contribution in [0.1, 0.15) is 16.9 Å². The van der Waals surface area contributed by atoms with Crippen molar-refractivity contribution >= 4 is 36.5 Å². The number of aromatic nitrogens is 3. The molecule has 1 aromatic carbocycles. The number of halogens is 2. The van der Waals surface area contributed by atoms with Gasteiger partial charge in [0.1, 0.15) is 5.69 Å². The number of aromatic carboxylic acids is 1. The van der Waals surface area contributed by atoms with Crippen LogP contribution in [0.4, 0.5) is 5.69 Å². The molecule has 0 spiro atoms. The summed E-state index contributed by atoms with van der Waals surface area (Å²) in [5.41, 5.74) is 10.0. The Balaban J connectivity index is 0.00000210.